The fraction of sp³-hybridized carbons (Fsp3) is 0.208. The molecule has 0 N–H and O–H groups in total. The van der Waals surface area contributed by atoms with Crippen LogP contribution >= 0.6 is 0 Å². The molecule has 2 aromatic carbocycles. The molecule has 2 aromatic heterocycles. The molecule has 0 saturated carbocycles. The van der Waals surface area contributed by atoms with E-state index in [0.29, 0.717) is 39.2 Å². The Hall–Kier alpha value is -3.59. The molecule has 0 bridgehead atoms. The molecular weight excluding hydrogens is 445 g/mol. The van der Waals surface area contributed by atoms with Gasteiger partial charge in [-0.25, -0.2) is 17.5 Å². The molecule has 4 aromatic rings. The lowest BCUT2D eigenvalue weighted by molar-refractivity contribution is -0.604. The molecule has 7 nitrogen and oxygen atoms in total. The number of halogens is 1. The summed E-state index contributed by atoms with van der Waals surface area (Å²) < 4.78 is 39.3. The number of fused-ring (bicyclic) bond motifs is 1. The number of aromatic nitrogens is 3. The van der Waals surface area contributed by atoms with Crippen molar-refractivity contribution in [2.75, 3.05) is 11.5 Å². The molecular formula is C24H20FN3O4S. The first kappa shape index (κ1) is 21.3. The topological polar surface area (TPSA) is 96.0 Å². The zero-order valence-corrected chi connectivity index (χ0v) is 18.3. The summed E-state index contributed by atoms with van der Waals surface area (Å²) in [5.41, 5.74) is 2.84. The summed E-state index contributed by atoms with van der Waals surface area (Å²) in [6.07, 6.45) is 3.45. The number of rotatable bonds is 5. The van der Waals surface area contributed by atoms with Crippen LogP contribution in [0.4, 0.5) is 4.39 Å². The molecule has 1 fully saturated rings. The standard InChI is InChI=1S/C24H20FN3O4S/c25-19-4-6-20(7-5-19)28-22-13-17(23(29)12-16-9-11-33(31,32)15-16)3-8-21(22)24(26-28)18-2-1-10-27(30)14-18/h1-8,10,13-14,16H,9,11-12,15H2. The van der Waals surface area contributed by atoms with Gasteiger partial charge in [0, 0.05) is 23.4 Å². The van der Waals surface area contributed by atoms with Gasteiger partial charge in [0.2, 0.25) is 0 Å². The van der Waals surface area contributed by atoms with Crippen LogP contribution in [-0.4, -0.2) is 35.5 Å². The summed E-state index contributed by atoms with van der Waals surface area (Å²) in [5, 5.41) is 17.2. The van der Waals surface area contributed by atoms with Crippen LogP contribution < -0.4 is 4.73 Å². The first-order valence-corrected chi connectivity index (χ1v) is 12.3. The lowest BCUT2D eigenvalue weighted by atomic mass is 9.97. The summed E-state index contributed by atoms with van der Waals surface area (Å²) in [5.74, 6) is -0.520. The molecule has 33 heavy (non-hydrogen) atoms. The van der Waals surface area contributed by atoms with E-state index in [9.17, 15) is 22.8 Å². The molecule has 0 spiro atoms. The van der Waals surface area contributed by atoms with Crippen LogP contribution in [0.1, 0.15) is 23.2 Å². The number of carbonyl (C=O) groups excluding carboxylic acids is 1. The third-order valence-corrected chi connectivity index (χ3v) is 7.76. The van der Waals surface area contributed by atoms with Crippen molar-refractivity contribution < 1.29 is 22.3 Å². The molecule has 5 rings (SSSR count). The van der Waals surface area contributed by atoms with Crippen LogP contribution in [0.5, 0.6) is 0 Å². The Morgan fingerprint density at radius 2 is 1.97 bits per heavy atom. The Morgan fingerprint density at radius 1 is 1.18 bits per heavy atom. The summed E-state index contributed by atoms with van der Waals surface area (Å²) >= 11 is 0. The predicted octanol–water partition coefficient (Wildman–Crippen LogP) is 3.47. The van der Waals surface area contributed by atoms with Crippen LogP contribution in [0.3, 0.4) is 0 Å². The Balaban J connectivity index is 1.59. The highest BCUT2D eigenvalue weighted by Crippen LogP contribution is 2.31. The smallest absolute Gasteiger partial charge is 0.189 e. The van der Waals surface area contributed by atoms with Crippen LogP contribution in [0.2, 0.25) is 0 Å². The fourth-order valence-electron chi connectivity index (χ4n) is 4.29. The van der Waals surface area contributed by atoms with Gasteiger partial charge in [-0.3, -0.25) is 4.79 Å². The minimum absolute atomic E-state index is 0.0435. The molecule has 1 aliphatic heterocycles. The minimum atomic E-state index is -3.06. The summed E-state index contributed by atoms with van der Waals surface area (Å²) in [6.45, 7) is 0. The van der Waals surface area contributed by atoms with E-state index in [1.54, 1.807) is 47.1 Å². The number of Topliss-reactive ketones (excluding diaryl/α,β-unsaturated/α-hetero) is 1. The van der Waals surface area contributed by atoms with E-state index in [2.05, 4.69) is 5.10 Å². The summed E-state index contributed by atoms with van der Waals surface area (Å²) in [7, 11) is -3.06. The zero-order valence-electron chi connectivity index (χ0n) is 17.5. The lowest BCUT2D eigenvalue weighted by Gasteiger charge is -2.08. The van der Waals surface area contributed by atoms with E-state index in [-0.39, 0.29) is 35.4 Å². The number of hydrogen-bond donors (Lipinski definition) is 0. The van der Waals surface area contributed by atoms with Crippen molar-refractivity contribution in [3.63, 3.8) is 0 Å². The van der Waals surface area contributed by atoms with Crippen molar-refractivity contribution in [3.05, 3.63) is 83.6 Å². The number of hydrogen-bond acceptors (Lipinski definition) is 5. The normalized spacial score (nSPS) is 17.4. The average molecular weight is 466 g/mol. The number of sulfone groups is 1. The van der Waals surface area contributed by atoms with Crippen molar-refractivity contribution in [1.29, 1.82) is 0 Å². The van der Waals surface area contributed by atoms with E-state index in [1.807, 2.05) is 0 Å². The molecule has 1 atom stereocenters. The third kappa shape index (κ3) is 4.23. The number of ketones is 1. The molecule has 1 saturated heterocycles. The maximum Gasteiger partial charge on any atom is 0.189 e. The van der Waals surface area contributed by atoms with Gasteiger partial charge in [0.1, 0.15) is 11.5 Å². The second kappa shape index (κ2) is 8.08. The van der Waals surface area contributed by atoms with Crippen molar-refractivity contribution >= 4 is 26.5 Å². The van der Waals surface area contributed by atoms with Gasteiger partial charge in [0.25, 0.3) is 0 Å². The second-order valence-electron chi connectivity index (χ2n) is 8.32. The summed E-state index contributed by atoms with van der Waals surface area (Å²) in [6, 6.07) is 14.4. The van der Waals surface area contributed by atoms with Crippen LogP contribution in [0.25, 0.3) is 27.8 Å². The van der Waals surface area contributed by atoms with E-state index in [0.717, 1.165) is 5.39 Å². The fourth-order valence-corrected chi connectivity index (χ4v) is 6.15. The molecule has 168 valence electrons. The van der Waals surface area contributed by atoms with Gasteiger partial charge in [-0.1, -0.05) is 6.07 Å². The van der Waals surface area contributed by atoms with Gasteiger partial charge < -0.3 is 5.21 Å². The quantitative estimate of drug-likeness (QED) is 0.255. The summed E-state index contributed by atoms with van der Waals surface area (Å²) in [4.78, 5) is 13.0. The zero-order chi connectivity index (χ0) is 23.2. The number of carbonyl (C=O) groups is 1. The second-order valence-corrected chi connectivity index (χ2v) is 10.5. The molecule has 3 heterocycles. The number of pyridine rings is 1. The van der Waals surface area contributed by atoms with E-state index >= 15 is 0 Å². The Labute approximate surface area is 189 Å². The molecule has 0 radical (unpaired) electrons. The van der Waals surface area contributed by atoms with E-state index < -0.39 is 9.84 Å². The van der Waals surface area contributed by atoms with E-state index in [4.69, 9.17) is 0 Å². The first-order chi connectivity index (χ1) is 15.8. The monoisotopic (exact) mass is 465 g/mol. The number of nitrogens with zero attached hydrogens (tertiary/aromatic N) is 3. The molecule has 1 unspecified atom stereocenters. The predicted molar refractivity (Wildman–Crippen MR) is 121 cm³/mol. The van der Waals surface area contributed by atoms with Gasteiger partial charge in [0.15, 0.2) is 28.0 Å². The Morgan fingerprint density at radius 3 is 2.67 bits per heavy atom. The van der Waals surface area contributed by atoms with Crippen molar-refractivity contribution in [2.24, 2.45) is 5.92 Å². The minimum Gasteiger partial charge on any atom is -0.619 e. The van der Waals surface area contributed by atoms with Gasteiger partial charge >= 0.3 is 0 Å². The molecule has 9 heteroatoms. The lowest BCUT2D eigenvalue weighted by Crippen LogP contribution is -2.24. The SMILES string of the molecule is O=C(CC1CCS(=O)(=O)C1)c1ccc2c(-c3ccc[n+]([O-])c3)nn(-c3ccc(F)cc3)c2c1. The first-order valence-electron chi connectivity index (χ1n) is 10.5. The highest BCUT2D eigenvalue weighted by molar-refractivity contribution is 7.91. The van der Waals surface area contributed by atoms with Crippen LogP contribution in [-0.2, 0) is 9.84 Å². The van der Waals surface area contributed by atoms with Crippen LogP contribution in [0.15, 0.2) is 67.0 Å². The molecule has 1 aliphatic rings. The van der Waals surface area contributed by atoms with Crippen molar-refractivity contribution in [1.82, 2.24) is 9.78 Å². The van der Waals surface area contributed by atoms with Gasteiger partial charge in [-0.05, 0) is 54.8 Å². The Bertz CT molecular complexity index is 1480. The number of benzene rings is 2. The largest absolute Gasteiger partial charge is 0.619 e. The van der Waals surface area contributed by atoms with Crippen molar-refractivity contribution in [2.45, 2.75) is 12.8 Å². The van der Waals surface area contributed by atoms with Crippen LogP contribution in [0, 0.1) is 16.9 Å². The Kier molecular flexibility index (Phi) is 5.20. The van der Waals surface area contributed by atoms with Crippen molar-refractivity contribution in [3.8, 4) is 16.9 Å². The maximum absolute atomic E-state index is 13.5. The molecule has 0 aliphatic carbocycles. The highest BCUT2D eigenvalue weighted by Gasteiger charge is 2.30. The average Bonchev–Trinajstić information content (AvgIpc) is 3.33. The molecule has 0 amide bonds. The third-order valence-electron chi connectivity index (χ3n) is 5.92. The van der Waals surface area contributed by atoms with Gasteiger partial charge in [0.05, 0.1) is 28.3 Å². The highest BCUT2D eigenvalue weighted by atomic mass is 32.2. The maximum atomic E-state index is 13.5. The van der Waals surface area contributed by atoms with E-state index in [1.165, 1.54) is 24.5 Å². The van der Waals surface area contributed by atoms with Gasteiger partial charge in [-0.2, -0.15) is 9.83 Å². The van der Waals surface area contributed by atoms with Gasteiger partial charge in [-0.15, -0.1) is 0 Å².